The van der Waals surface area contributed by atoms with Gasteiger partial charge in [0.1, 0.15) is 0 Å². The number of carbonyl (C=O) groups excluding carboxylic acids is 1. The number of H-pyrrole nitrogens is 1. The van der Waals surface area contributed by atoms with Crippen LogP contribution in [0.3, 0.4) is 0 Å². The Balaban J connectivity index is 2.26. The number of hydrogen-bond donors (Lipinski definition) is 2. The molecule has 0 aliphatic carbocycles. The van der Waals surface area contributed by atoms with Crippen LogP contribution in [0.5, 0.6) is 5.88 Å². The zero-order valence-corrected chi connectivity index (χ0v) is 11.1. The van der Waals surface area contributed by atoms with Crippen LogP contribution in [-0.4, -0.2) is 22.7 Å². The highest BCUT2D eigenvalue weighted by molar-refractivity contribution is 5.89. The van der Waals surface area contributed by atoms with Gasteiger partial charge in [-0.2, -0.15) is 0 Å². The van der Waals surface area contributed by atoms with Gasteiger partial charge in [0.25, 0.3) is 0 Å². The molecule has 1 aromatic carbocycles. The van der Waals surface area contributed by atoms with Gasteiger partial charge in [0.2, 0.25) is 11.8 Å². The second kappa shape index (κ2) is 6.04. The van der Waals surface area contributed by atoms with Crippen LogP contribution in [0.15, 0.2) is 30.5 Å². The number of rotatable bonds is 5. The van der Waals surface area contributed by atoms with Crippen LogP contribution in [0, 0.1) is 0 Å². The highest BCUT2D eigenvalue weighted by atomic mass is 16.5. The van der Waals surface area contributed by atoms with E-state index in [4.69, 9.17) is 4.74 Å². The number of anilines is 1. The fraction of sp³-hybridized carbons (Fsp3) is 0.286. The Morgan fingerprint density at radius 1 is 1.47 bits per heavy atom. The van der Waals surface area contributed by atoms with E-state index in [0.717, 1.165) is 23.2 Å². The van der Waals surface area contributed by atoms with Crippen molar-refractivity contribution in [2.45, 2.75) is 20.3 Å². The van der Waals surface area contributed by atoms with E-state index in [1.807, 2.05) is 31.2 Å². The lowest BCUT2D eigenvalue weighted by atomic mass is 10.1. The first kappa shape index (κ1) is 13.1. The second-order valence-electron chi connectivity index (χ2n) is 4.21. The Bertz CT molecular complexity index is 563. The van der Waals surface area contributed by atoms with Crippen LogP contribution in [-0.2, 0) is 4.79 Å². The van der Waals surface area contributed by atoms with Gasteiger partial charge in [0, 0.05) is 18.8 Å². The molecule has 1 heterocycles. The standard InChI is InChI=1S/C14H17N3O2/c1-3-7-19-14-13(9-15-17-14)11-5-4-6-12(8-11)16-10(2)18/h4-6,8-9H,3,7H2,1-2H3,(H,15,17)(H,16,18). The molecule has 0 saturated heterocycles. The maximum absolute atomic E-state index is 11.1. The van der Waals surface area contributed by atoms with Gasteiger partial charge in [0.05, 0.1) is 12.2 Å². The quantitative estimate of drug-likeness (QED) is 0.867. The van der Waals surface area contributed by atoms with Gasteiger partial charge in [-0.1, -0.05) is 19.1 Å². The van der Waals surface area contributed by atoms with Gasteiger partial charge in [-0.05, 0) is 24.1 Å². The molecule has 0 bridgehead atoms. The minimum Gasteiger partial charge on any atom is -0.476 e. The number of aromatic amines is 1. The molecule has 19 heavy (non-hydrogen) atoms. The van der Waals surface area contributed by atoms with Crippen molar-refractivity contribution in [3.63, 3.8) is 0 Å². The third-order valence-electron chi connectivity index (χ3n) is 2.54. The average molecular weight is 259 g/mol. The summed E-state index contributed by atoms with van der Waals surface area (Å²) in [5.41, 5.74) is 2.60. The molecule has 0 spiro atoms. The van der Waals surface area contributed by atoms with Crippen molar-refractivity contribution < 1.29 is 9.53 Å². The fourth-order valence-corrected chi connectivity index (χ4v) is 1.76. The number of benzene rings is 1. The molecule has 2 rings (SSSR count). The van der Waals surface area contributed by atoms with Crippen LogP contribution in [0.1, 0.15) is 20.3 Å². The van der Waals surface area contributed by atoms with Crippen molar-refractivity contribution in [2.75, 3.05) is 11.9 Å². The fourth-order valence-electron chi connectivity index (χ4n) is 1.76. The van der Waals surface area contributed by atoms with Crippen molar-refractivity contribution in [3.8, 4) is 17.0 Å². The Morgan fingerprint density at radius 2 is 2.32 bits per heavy atom. The molecule has 0 atom stereocenters. The minimum atomic E-state index is -0.0909. The summed E-state index contributed by atoms with van der Waals surface area (Å²) in [6.45, 7) is 4.16. The predicted molar refractivity (Wildman–Crippen MR) is 74.1 cm³/mol. The highest BCUT2D eigenvalue weighted by Crippen LogP contribution is 2.29. The molecule has 2 N–H and O–H groups in total. The van der Waals surface area contributed by atoms with E-state index in [-0.39, 0.29) is 5.91 Å². The summed E-state index contributed by atoms with van der Waals surface area (Å²) in [6, 6.07) is 7.58. The summed E-state index contributed by atoms with van der Waals surface area (Å²) in [7, 11) is 0. The summed E-state index contributed by atoms with van der Waals surface area (Å²) in [6.07, 6.45) is 2.72. The summed E-state index contributed by atoms with van der Waals surface area (Å²) < 4.78 is 5.57. The van der Waals surface area contributed by atoms with Gasteiger partial charge < -0.3 is 10.1 Å². The molecule has 5 heteroatoms. The highest BCUT2D eigenvalue weighted by Gasteiger charge is 2.10. The van der Waals surface area contributed by atoms with E-state index in [9.17, 15) is 4.79 Å². The first-order chi connectivity index (χ1) is 9.20. The Hall–Kier alpha value is -2.30. The SMILES string of the molecule is CCCOc1n[nH]cc1-c1cccc(NC(C)=O)c1. The number of amides is 1. The van der Waals surface area contributed by atoms with Crippen LogP contribution in [0.2, 0.25) is 0 Å². The molecule has 0 aliphatic rings. The summed E-state index contributed by atoms with van der Waals surface area (Å²) >= 11 is 0. The summed E-state index contributed by atoms with van der Waals surface area (Å²) in [4.78, 5) is 11.1. The molecule has 0 aliphatic heterocycles. The number of hydrogen-bond acceptors (Lipinski definition) is 3. The lowest BCUT2D eigenvalue weighted by Gasteiger charge is -2.07. The van der Waals surface area contributed by atoms with Crippen molar-refractivity contribution in [3.05, 3.63) is 30.5 Å². The maximum Gasteiger partial charge on any atom is 0.240 e. The third-order valence-corrected chi connectivity index (χ3v) is 2.54. The molecule has 0 fully saturated rings. The van der Waals surface area contributed by atoms with Crippen molar-refractivity contribution >= 4 is 11.6 Å². The zero-order chi connectivity index (χ0) is 13.7. The van der Waals surface area contributed by atoms with Gasteiger partial charge in [-0.15, -0.1) is 5.10 Å². The van der Waals surface area contributed by atoms with Crippen molar-refractivity contribution in [1.82, 2.24) is 10.2 Å². The van der Waals surface area contributed by atoms with Gasteiger partial charge in [-0.25, -0.2) is 0 Å². The smallest absolute Gasteiger partial charge is 0.240 e. The number of carbonyl (C=O) groups is 1. The van der Waals surface area contributed by atoms with Crippen molar-refractivity contribution in [1.29, 1.82) is 0 Å². The van der Waals surface area contributed by atoms with Crippen molar-refractivity contribution in [2.24, 2.45) is 0 Å². The van der Waals surface area contributed by atoms with Gasteiger partial charge in [-0.3, -0.25) is 9.89 Å². The Morgan fingerprint density at radius 3 is 3.05 bits per heavy atom. The average Bonchev–Trinajstić information content (AvgIpc) is 2.84. The zero-order valence-electron chi connectivity index (χ0n) is 11.1. The summed E-state index contributed by atoms with van der Waals surface area (Å²) in [5.74, 6) is 0.494. The first-order valence-corrected chi connectivity index (χ1v) is 6.25. The Labute approximate surface area is 112 Å². The summed E-state index contributed by atoms with van der Waals surface area (Å²) in [5, 5.41) is 9.65. The van der Waals surface area contributed by atoms with E-state index in [1.165, 1.54) is 6.92 Å². The number of nitrogens with zero attached hydrogens (tertiary/aromatic N) is 1. The van der Waals surface area contributed by atoms with Gasteiger partial charge in [0.15, 0.2) is 0 Å². The van der Waals surface area contributed by atoms with E-state index in [1.54, 1.807) is 6.20 Å². The lowest BCUT2D eigenvalue weighted by Crippen LogP contribution is -2.05. The molecule has 1 amide bonds. The molecule has 2 aromatic rings. The molecule has 0 radical (unpaired) electrons. The largest absolute Gasteiger partial charge is 0.476 e. The second-order valence-corrected chi connectivity index (χ2v) is 4.21. The van der Waals surface area contributed by atoms with E-state index < -0.39 is 0 Å². The van der Waals surface area contributed by atoms with Crippen LogP contribution in [0.25, 0.3) is 11.1 Å². The molecule has 100 valence electrons. The molecule has 0 saturated carbocycles. The van der Waals surface area contributed by atoms with Crippen LogP contribution >= 0.6 is 0 Å². The van der Waals surface area contributed by atoms with E-state index in [0.29, 0.717) is 12.5 Å². The number of nitrogens with one attached hydrogen (secondary N) is 2. The maximum atomic E-state index is 11.1. The minimum absolute atomic E-state index is 0.0909. The van der Waals surface area contributed by atoms with Crippen LogP contribution in [0.4, 0.5) is 5.69 Å². The molecular formula is C14H17N3O2. The number of ether oxygens (including phenoxy) is 1. The third kappa shape index (κ3) is 3.34. The van der Waals surface area contributed by atoms with Gasteiger partial charge >= 0.3 is 0 Å². The number of aromatic nitrogens is 2. The molecule has 0 unspecified atom stereocenters. The van der Waals surface area contributed by atoms with E-state index in [2.05, 4.69) is 15.5 Å². The lowest BCUT2D eigenvalue weighted by molar-refractivity contribution is -0.114. The van der Waals surface area contributed by atoms with E-state index >= 15 is 0 Å². The predicted octanol–water partition coefficient (Wildman–Crippen LogP) is 2.82. The Kier molecular flexibility index (Phi) is 4.18. The topological polar surface area (TPSA) is 67.0 Å². The molecule has 5 nitrogen and oxygen atoms in total. The normalized spacial score (nSPS) is 10.2. The van der Waals surface area contributed by atoms with Crippen LogP contribution < -0.4 is 10.1 Å². The monoisotopic (exact) mass is 259 g/mol. The molecule has 1 aromatic heterocycles. The molecular weight excluding hydrogens is 242 g/mol. The first-order valence-electron chi connectivity index (χ1n) is 6.25.